The van der Waals surface area contributed by atoms with E-state index >= 15 is 0 Å². The summed E-state index contributed by atoms with van der Waals surface area (Å²) >= 11 is 0. The standard InChI is InChI=1S/C18H24NO5P/c1-4-23-25(21,24-5-2)17(14-18(20)19-11-6-7-12-19)15-9-8-10-16(13-15)22-3/h6-13,17H,4-5,14H2,1-3H3. The minimum Gasteiger partial charge on any atom is -0.497 e. The molecule has 0 bridgehead atoms. The van der Waals surface area contributed by atoms with Crippen molar-refractivity contribution in [3.63, 3.8) is 0 Å². The second-order valence-corrected chi connectivity index (χ2v) is 7.58. The van der Waals surface area contributed by atoms with Crippen LogP contribution < -0.4 is 4.74 Å². The Hall–Kier alpha value is -1.88. The van der Waals surface area contributed by atoms with Gasteiger partial charge in [0.1, 0.15) is 5.75 Å². The van der Waals surface area contributed by atoms with Crippen molar-refractivity contribution in [3.8, 4) is 5.75 Å². The third-order valence-electron chi connectivity index (χ3n) is 3.74. The molecule has 0 aliphatic rings. The Balaban J connectivity index is 2.42. The van der Waals surface area contributed by atoms with E-state index in [0.29, 0.717) is 11.3 Å². The molecule has 0 saturated heterocycles. The van der Waals surface area contributed by atoms with Crippen molar-refractivity contribution < 1.29 is 23.1 Å². The first-order chi connectivity index (χ1) is 12.0. The number of rotatable bonds is 9. The van der Waals surface area contributed by atoms with Gasteiger partial charge in [-0.3, -0.25) is 13.9 Å². The van der Waals surface area contributed by atoms with Crippen LogP contribution in [0.3, 0.4) is 0 Å². The van der Waals surface area contributed by atoms with Crippen LogP contribution in [0.4, 0.5) is 0 Å². The number of methoxy groups -OCH3 is 1. The van der Waals surface area contributed by atoms with E-state index in [-0.39, 0.29) is 25.5 Å². The largest absolute Gasteiger partial charge is 0.497 e. The van der Waals surface area contributed by atoms with Gasteiger partial charge in [-0.2, -0.15) is 0 Å². The topological polar surface area (TPSA) is 66.8 Å². The Morgan fingerprint density at radius 3 is 2.32 bits per heavy atom. The van der Waals surface area contributed by atoms with Crippen molar-refractivity contribution in [1.29, 1.82) is 0 Å². The highest BCUT2D eigenvalue weighted by molar-refractivity contribution is 7.54. The Morgan fingerprint density at radius 2 is 1.76 bits per heavy atom. The highest BCUT2D eigenvalue weighted by Gasteiger charge is 2.38. The van der Waals surface area contributed by atoms with E-state index in [0.717, 1.165) is 0 Å². The van der Waals surface area contributed by atoms with Crippen molar-refractivity contribution >= 4 is 13.5 Å². The molecular formula is C18H24NO5P. The zero-order valence-corrected chi connectivity index (χ0v) is 15.6. The second-order valence-electron chi connectivity index (χ2n) is 5.36. The van der Waals surface area contributed by atoms with Crippen LogP contribution in [0.1, 0.15) is 36.3 Å². The fourth-order valence-corrected chi connectivity index (χ4v) is 4.67. The van der Waals surface area contributed by atoms with E-state index in [2.05, 4.69) is 0 Å². The lowest BCUT2D eigenvalue weighted by atomic mass is 10.1. The number of hydrogen-bond acceptors (Lipinski definition) is 5. The molecule has 1 atom stereocenters. The fraction of sp³-hybridized carbons (Fsp3) is 0.389. The Kier molecular flexibility index (Phi) is 7.00. The average molecular weight is 365 g/mol. The second kappa shape index (κ2) is 8.99. The molecule has 0 N–H and O–H groups in total. The zero-order valence-electron chi connectivity index (χ0n) is 14.8. The Labute approximate surface area is 148 Å². The molecule has 2 rings (SSSR count). The van der Waals surface area contributed by atoms with Gasteiger partial charge in [-0.15, -0.1) is 0 Å². The third-order valence-corrected chi connectivity index (χ3v) is 6.22. The number of carbonyl (C=O) groups is 1. The summed E-state index contributed by atoms with van der Waals surface area (Å²) in [5.74, 6) is 0.438. The number of benzene rings is 1. The quantitative estimate of drug-likeness (QED) is 0.611. The van der Waals surface area contributed by atoms with Crippen LogP contribution in [0.15, 0.2) is 48.8 Å². The van der Waals surface area contributed by atoms with E-state index in [1.807, 2.05) is 0 Å². The van der Waals surface area contributed by atoms with Gasteiger partial charge in [-0.05, 0) is 43.7 Å². The normalized spacial score (nSPS) is 12.8. The smallest absolute Gasteiger partial charge is 0.338 e. The van der Waals surface area contributed by atoms with Gasteiger partial charge < -0.3 is 13.8 Å². The summed E-state index contributed by atoms with van der Waals surface area (Å²) in [5.41, 5.74) is -0.0255. The lowest BCUT2D eigenvalue weighted by Gasteiger charge is -2.26. The van der Waals surface area contributed by atoms with Crippen LogP contribution in [0.5, 0.6) is 5.75 Å². The summed E-state index contributed by atoms with van der Waals surface area (Å²) in [6.07, 6.45) is 3.33. The van der Waals surface area contributed by atoms with Crippen molar-refractivity contribution in [2.24, 2.45) is 0 Å². The van der Waals surface area contributed by atoms with Gasteiger partial charge in [-0.25, -0.2) is 0 Å². The first kappa shape index (κ1) is 19.4. The third kappa shape index (κ3) is 4.82. The highest BCUT2D eigenvalue weighted by Crippen LogP contribution is 2.62. The lowest BCUT2D eigenvalue weighted by molar-refractivity contribution is 0.0893. The maximum atomic E-state index is 13.4. The molecule has 0 fully saturated rings. The highest BCUT2D eigenvalue weighted by atomic mass is 31.2. The molecule has 25 heavy (non-hydrogen) atoms. The number of aromatic nitrogens is 1. The maximum absolute atomic E-state index is 13.4. The van der Waals surface area contributed by atoms with Crippen LogP contribution in [-0.2, 0) is 13.6 Å². The summed E-state index contributed by atoms with van der Waals surface area (Å²) in [6, 6.07) is 10.7. The van der Waals surface area contributed by atoms with Crippen molar-refractivity contribution in [2.75, 3.05) is 20.3 Å². The molecule has 1 aromatic heterocycles. The molecular weight excluding hydrogens is 341 g/mol. The predicted octanol–water partition coefficient (Wildman–Crippen LogP) is 4.53. The summed E-state index contributed by atoms with van der Waals surface area (Å²) in [4.78, 5) is 12.6. The van der Waals surface area contributed by atoms with Gasteiger partial charge in [0.05, 0.1) is 26.0 Å². The molecule has 1 unspecified atom stereocenters. The van der Waals surface area contributed by atoms with Crippen LogP contribution in [0.25, 0.3) is 0 Å². The molecule has 0 saturated carbocycles. The number of hydrogen-bond donors (Lipinski definition) is 0. The number of ether oxygens (including phenoxy) is 1. The first-order valence-electron chi connectivity index (χ1n) is 8.23. The molecule has 1 aromatic carbocycles. The van der Waals surface area contributed by atoms with E-state index in [1.54, 1.807) is 69.7 Å². The Bertz CT molecular complexity index is 719. The summed E-state index contributed by atoms with van der Waals surface area (Å²) in [6.45, 7) is 3.97. The first-order valence-corrected chi connectivity index (χ1v) is 9.84. The van der Waals surface area contributed by atoms with Crippen molar-refractivity contribution in [2.45, 2.75) is 25.9 Å². The van der Waals surface area contributed by atoms with Gasteiger partial charge in [0.15, 0.2) is 0 Å². The monoisotopic (exact) mass is 365 g/mol. The molecule has 0 aliphatic heterocycles. The van der Waals surface area contributed by atoms with Gasteiger partial charge >= 0.3 is 7.60 Å². The number of carbonyl (C=O) groups excluding carboxylic acids is 1. The van der Waals surface area contributed by atoms with Crippen molar-refractivity contribution in [1.82, 2.24) is 4.57 Å². The predicted molar refractivity (Wildman–Crippen MR) is 96.3 cm³/mol. The van der Waals surface area contributed by atoms with Gasteiger partial charge in [0.25, 0.3) is 0 Å². The molecule has 136 valence electrons. The summed E-state index contributed by atoms with van der Waals surface area (Å²) in [5, 5.41) is 0. The van der Waals surface area contributed by atoms with Gasteiger partial charge in [-0.1, -0.05) is 12.1 Å². The molecule has 2 aromatic rings. The van der Waals surface area contributed by atoms with E-state index in [4.69, 9.17) is 13.8 Å². The molecule has 0 radical (unpaired) electrons. The SMILES string of the molecule is CCOP(=O)(OCC)C(CC(=O)n1cccc1)c1cccc(OC)c1. The number of nitrogens with zero attached hydrogens (tertiary/aromatic N) is 1. The molecule has 0 spiro atoms. The molecule has 0 aliphatic carbocycles. The van der Waals surface area contributed by atoms with E-state index < -0.39 is 13.3 Å². The zero-order chi connectivity index (χ0) is 18.3. The van der Waals surface area contributed by atoms with Crippen LogP contribution >= 0.6 is 7.60 Å². The van der Waals surface area contributed by atoms with Crippen LogP contribution in [-0.4, -0.2) is 30.8 Å². The molecule has 0 amide bonds. The van der Waals surface area contributed by atoms with E-state index in [1.165, 1.54) is 4.57 Å². The average Bonchev–Trinajstić information content (AvgIpc) is 3.14. The van der Waals surface area contributed by atoms with Gasteiger partial charge in [0.2, 0.25) is 5.91 Å². The fourth-order valence-electron chi connectivity index (χ4n) is 2.61. The summed E-state index contributed by atoms with van der Waals surface area (Å²) in [7, 11) is -1.97. The molecule has 7 heteroatoms. The summed E-state index contributed by atoms with van der Waals surface area (Å²) < 4.78 is 31.1. The lowest BCUT2D eigenvalue weighted by Crippen LogP contribution is -2.16. The minimum absolute atomic E-state index is 0.000868. The maximum Gasteiger partial charge on any atom is 0.338 e. The van der Waals surface area contributed by atoms with Gasteiger partial charge in [0, 0.05) is 18.8 Å². The van der Waals surface area contributed by atoms with Crippen LogP contribution in [0.2, 0.25) is 0 Å². The van der Waals surface area contributed by atoms with Crippen molar-refractivity contribution in [3.05, 3.63) is 54.4 Å². The van der Waals surface area contributed by atoms with E-state index in [9.17, 15) is 9.36 Å². The molecule has 6 nitrogen and oxygen atoms in total. The molecule has 1 heterocycles. The Morgan fingerprint density at radius 1 is 1.12 bits per heavy atom. The minimum atomic E-state index is -3.53. The van der Waals surface area contributed by atoms with Crippen LogP contribution in [0, 0.1) is 0 Å².